The van der Waals surface area contributed by atoms with E-state index < -0.39 is 28.1 Å². The predicted octanol–water partition coefficient (Wildman–Crippen LogP) is 1.02. The lowest BCUT2D eigenvalue weighted by atomic mass is 10.2. The van der Waals surface area contributed by atoms with Crippen LogP contribution in [0.3, 0.4) is 0 Å². The summed E-state index contributed by atoms with van der Waals surface area (Å²) < 4.78 is 63.8. The van der Waals surface area contributed by atoms with E-state index in [1.54, 1.807) is 0 Å². The van der Waals surface area contributed by atoms with Gasteiger partial charge < -0.3 is 4.57 Å². The summed E-state index contributed by atoms with van der Waals surface area (Å²) >= 11 is 0. The van der Waals surface area contributed by atoms with Gasteiger partial charge in [-0.05, 0) is 13.8 Å². The Morgan fingerprint density at radius 3 is 2.47 bits per heavy atom. The topological polar surface area (TPSA) is 68.1 Å². The molecule has 6 nitrogen and oxygen atoms in total. The first-order valence-electron chi connectivity index (χ1n) is 5.68. The summed E-state index contributed by atoms with van der Waals surface area (Å²) in [6.45, 7) is 2.89. The number of fused-ring (bicyclic) bond motifs is 1. The van der Waals surface area contributed by atoms with Crippen LogP contribution in [0.2, 0.25) is 0 Å². The third-order valence-corrected chi connectivity index (χ3v) is 5.05. The van der Waals surface area contributed by atoms with Crippen molar-refractivity contribution in [2.45, 2.75) is 32.6 Å². The number of halogens is 3. The van der Waals surface area contributed by atoms with Crippen LogP contribution in [0.15, 0.2) is 0 Å². The molecule has 0 aromatic carbocycles. The largest absolute Gasteiger partial charge is 0.451 e. The Kier molecular flexibility index (Phi) is 3.33. The number of hydrogen-bond acceptors (Lipinski definition) is 4. The molecule has 19 heavy (non-hydrogen) atoms. The maximum absolute atomic E-state index is 12.7. The number of rotatable bonds is 2. The highest BCUT2D eigenvalue weighted by Gasteiger charge is 2.42. The van der Waals surface area contributed by atoms with Gasteiger partial charge in [-0.1, -0.05) is 0 Å². The van der Waals surface area contributed by atoms with Crippen LogP contribution in [-0.2, 0) is 22.7 Å². The molecule has 2 rings (SSSR count). The van der Waals surface area contributed by atoms with Gasteiger partial charge in [0, 0.05) is 13.1 Å². The van der Waals surface area contributed by atoms with Crippen LogP contribution in [0, 0.1) is 0 Å². The second-order valence-electron chi connectivity index (χ2n) is 4.22. The molecule has 108 valence electrons. The van der Waals surface area contributed by atoms with E-state index in [1.165, 1.54) is 13.8 Å². The minimum atomic E-state index is -4.59. The molecule has 1 aromatic heterocycles. The van der Waals surface area contributed by atoms with E-state index in [4.69, 9.17) is 0 Å². The molecule has 1 aromatic rings. The Hall–Kier alpha value is -1.16. The van der Waals surface area contributed by atoms with Crippen molar-refractivity contribution in [3.63, 3.8) is 0 Å². The standard InChI is InChI=1S/C9H13F3N4O2S/c1-3-19(17,18)16-5-4-15-7(6(16)2)13-14-8(15)9(10,11)12/h6H,3-5H2,1-2H3. The molecule has 0 fully saturated rings. The second kappa shape index (κ2) is 4.44. The Balaban J connectivity index is 2.42. The first-order chi connectivity index (χ1) is 8.68. The molecule has 0 bridgehead atoms. The van der Waals surface area contributed by atoms with Gasteiger partial charge in [0.05, 0.1) is 11.8 Å². The van der Waals surface area contributed by atoms with Crippen molar-refractivity contribution in [1.82, 2.24) is 19.1 Å². The summed E-state index contributed by atoms with van der Waals surface area (Å²) in [6.07, 6.45) is -4.59. The third kappa shape index (κ3) is 2.34. The zero-order valence-corrected chi connectivity index (χ0v) is 11.2. The monoisotopic (exact) mass is 298 g/mol. The van der Waals surface area contributed by atoms with Gasteiger partial charge in [0.1, 0.15) is 0 Å². The van der Waals surface area contributed by atoms with Crippen molar-refractivity contribution in [3.8, 4) is 0 Å². The molecule has 0 saturated heterocycles. The van der Waals surface area contributed by atoms with Crippen LogP contribution in [0.1, 0.15) is 31.5 Å². The minimum absolute atomic E-state index is 0.00847. The van der Waals surface area contributed by atoms with Gasteiger partial charge in [-0.2, -0.15) is 17.5 Å². The van der Waals surface area contributed by atoms with E-state index in [0.29, 0.717) is 0 Å². The Morgan fingerprint density at radius 2 is 1.95 bits per heavy atom. The van der Waals surface area contributed by atoms with E-state index in [2.05, 4.69) is 10.2 Å². The van der Waals surface area contributed by atoms with Gasteiger partial charge in [0.2, 0.25) is 15.8 Å². The van der Waals surface area contributed by atoms with E-state index in [0.717, 1.165) is 8.87 Å². The smallest absolute Gasteiger partial charge is 0.305 e. The van der Waals surface area contributed by atoms with Crippen molar-refractivity contribution >= 4 is 10.0 Å². The highest BCUT2D eigenvalue weighted by atomic mass is 32.2. The van der Waals surface area contributed by atoms with E-state index >= 15 is 0 Å². The summed E-state index contributed by atoms with van der Waals surface area (Å²) in [5.41, 5.74) is 0. The molecule has 0 radical (unpaired) electrons. The Labute approximate surface area is 108 Å². The van der Waals surface area contributed by atoms with Crippen molar-refractivity contribution in [2.75, 3.05) is 12.3 Å². The van der Waals surface area contributed by atoms with Gasteiger partial charge in [0.15, 0.2) is 5.82 Å². The molecule has 0 saturated carbocycles. The number of alkyl halides is 3. The molecule has 0 aliphatic carbocycles. The fraction of sp³-hybridized carbons (Fsp3) is 0.778. The zero-order valence-electron chi connectivity index (χ0n) is 10.3. The lowest BCUT2D eigenvalue weighted by molar-refractivity contribution is -0.147. The highest BCUT2D eigenvalue weighted by molar-refractivity contribution is 7.89. The van der Waals surface area contributed by atoms with Crippen molar-refractivity contribution < 1.29 is 21.6 Å². The summed E-state index contributed by atoms with van der Waals surface area (Å²) in [5, 5.41) is 6.62. The number of aromatic nitrogens is 3. The van der Waals surface area contributed by atoms with Crippen LogP contribution in [0.4, 0.5) is 13.2 Å². The van der Waals surface area contributed by atoms with Crippen molar-refractivity contribution in [1.29, 1.82) is 0 Å². The molecule has 0 N–H and O–H groups in total. The van der Waals surface area contributed by atoms with Crippen LogP contribution >= 0.6 is 0 Å². The third-order valence-electron chi connectivity index (χ3n) is 3.10. The quantitative estimate of drug-likeness (QED) is 0.817. The molecular weight excluding hydrogens is 285 g/mol. The number of nitrogens with zero attached hydrogens (tertiary/aromatic N) is 4. The minimum Gasteiger partial charge on any atom is -0.305 e. The van der Waals surface area contributed by atoms with Crippen molar-refractivity contribution in [2.24, 2.45) is 0 Å². The average Bonchev–Trinajstić information content (AvgIpc) is 2.73. The molecule has 10 heteroatoms. The lowest BCUT2D eigenvalue weighted by Crippen LogP contribution is -2.42. The van der Waals surface area contributed by atoms with Crippen LogP contribution in [-0.4, -0.2) is 39.8 Å². The number of hydrogen-bond donors (Lipinski definition) is 0. The Bertz CT molecular complexity index is 581. The second-order valence-corrected chi connectivity index (χ2v) is 6.43. The fourth-order valence-electron chi connectivity index (χ4n) is 2.12. The Morgan fingerprint density at radius 1 is 1.32 bits per heavy atom. The molecular formula is C9H13F3N4O2S. The average molecular weight is 298 g/mol. The molecule has 1 atom stereocenters. The molecule has 1 aliphatic rings. The first-order valence-corrected chi connectivity index (χ1v) is 7.29. The van der Waals surface area contributed by atoms with E-state index in [-0.39, 0.29) is 24.7 Å². The lowest BCUT2D eigenvalue weighted by Gasteiger charge is -2.32. The van der Waals surface area contributed by atoms with Gasteiger partial charge in [0.25, 0.3) is 0 Å². The van der Waals surface area contributed by atoms with Gasteiger partial charge in [-0.3, -0.25) is 0 Å². The molecule has 0 spiro atoms. The molecule has 0 amide bonds. The zero-order chi connectivity index (χ0) is 14.4. The summed E-state index contributed by atoms with van der Waals surface area (Å²) in [7, 11) is -3.47. The fourth-order valence-corrected chi connectivity index (χ4v) is 3.39. The van der Waals surface area contributed by atoms with Crippen LogP contribution < -0.4 is 0 Å². The summed E-state index contributed by atoms with van der Waals surface area (Å²) in [4.78, 5) is 0. The van der Waals surface area contributed by atoms with E-state index in [9.17, 15) is 21.6 Å². The molecule has 1 aliphatic heterocycles. The van der Waals surface area contributed by atoms with Gasteiger partial charge >= 0.3 is 6.18 Å². The summed E-state index contributed by atoms with van der Waals surface area (Å²) in [5.74, 6) is -1.16. The van der Waals surface area contributed by atoms with Crippen LogP contribution in [0.25, 0.3) is 0 Å². The van der Waals surface area contributed by atoms with Crippen LogP contribution in [0.5, 0.6) is 0 Å². The normalized spacial score (nSPS) is 21.4. The molecule has 1 unspecified atom stereocenters. The van der Waals surface area contributed by atoms with Gasteiger partial charge in [-0.15, -0.1) is 10.2 Å². The van der Waals surface area contributed by atoms with Crippen molar-refractivity contribution in [3.05, 3.63) is 11.6 Å². The van der Waals surface area contributed by atoms with Gasteiger partial charge in [-0.25, -0.2) is 8.42 Å². The number of sulfonamides is 1. The maximum Gasteiger partial charge on any atom is 0.451 e. The maximum atomic E-state index is 12.7. The SMILES string of the molecule is CCS(=O)(=O)N1CCn2c(nnc2C(F)(F)F)C1C. The van der Waals surface area contributed by atoms with E-state index in [1.807, 2.05) is 0 Å². The molecule has 2 heterocycles. The first kappa shape index (κ1) is 14.3. The summed E-state index contributed by atoms with van der Waals surface area (Å²) in [6, 6.07) is -0.748. The highest BCUT2D eigenvalue weighted by Crippen LogP contribution is 2.33. The predicted molar refractivity (Wildman–Crippen MR) is 59.6 cm³/mol.